The van der Waals surface area contributed by atoms with Crippen LogP contribution in [0.1, 0.15) is 31.2 Å². The molecule has 5 heterocycles. The molecule has 1 N–H and O–H groups in total. The van der Waals surface area contributed by atoms with E-state index in [-0.39, 0.29) is 47.0 Å². The zero-order valence-electron chi connectivity index (χ0n) is 22.4. The van der Waals surface area contributed by atoms with Gasteiger partial charge in [0.05, 0.1) is 34.6 Å². The number of carbonyl (C=O) groups excluding carboxylic acids is 1. The molecule has 2 aromatic heterocycles. The van der Waals surface area contributed by atoms with Crippen LogP contribution in [-0.4, -0.2) is 66.2 Å². The van der Waals surface area contributed by atoms with Crippen molar-refractivity contribution in [3.8, 4) is 17.3 Å². The number of urea groups is 1. The lowest BCUT2D eigenvalue weighted by Gasteiger charge is -2.36. The van der Waals surface area contributed by atoms with Crippen LogP contribution in [0.3, 0.4) is 0 Å². The predicted molar refractivity (Wildman–Crippen MR) is 149 cm³/mol. The minimum absolute atomic E-state index is 0.0730. The molecule has 0 radical (unpaired) electrons. The maximum absolute atomic E-state index is 13.6. The smallest absolute Gasteiger partial charge is 0.416 e. The molecule has 42 heavy (non-hydrogen) atoms. The minimum atomic E-state index is -4.52. The molecule has 3 aliphatic rings. The largest absolute Gasteiger partial charge is 0.461 e. The highest BCUT2D eigenvalue weighted by atomic mass is 35.5. The van der Waals surface area contributed by atoms with Crippen LogP contribution in [0.2, 0.25) is 5.02 Å². The van der Waals surface area contributed by atoms with Crippen molar-refractivity contribution in [2.45, 2.75) is 44.2 Å². The molecule has 3 aromatic rings. The molecule has 2 unspecified atom stereocenters. The van der Waals surface area contributed by atoms with E-state index in [0.717, 1.165) is 31.4 Å². The Kier molecular flexibility index (Phi) is 8.06. The van der Waals surface area contributed by atoms with E-state index in [9.17, 15) is 18.0 Å². The van der Waals surface area contributed by atoms with Crippen molar-refractivity contribution < 1.29 is 32.2 Å². The first-order valence-corrected chi connectivity index (χ1v) is 14.1. The molecule has 0 aliphatic carbocycles. The number of hydrogen-bond donors (Lipinski definition) is 1. The summed E-state index contributed by atoms with van der Waals surface area (Å²) in [4.78, 5) is 30.2. The Morgan fingerprint density at radius 2 is 2.02 bits per heavy atom. The molecule has 1 aromatic carbocycles. The van der Waals surface area contributed by atoms with Gasteiger partial charge in [-0.05, 0) is 49.9 Å². The number of anilines is 3. The normalized spacial score (nSPS) is 19.9. The third-order valence-corrected chi connectivity index (χ3v) is 7.63. The van der Waals surface area contributed by atoms with Crippen LogP contribution < -0.4 is 19.9 Å². The fourth-order valence-corrected chi connectivity index (χ4v) is 5.59. The number of nitrogens with zero attached hydrogens (tertiary/aromatic N) is 5. The molecule has 14 heteroatoms. The van der Waals surface area contributed by atoms with E-state index in [1.165, 1.54) is 29.3 Å². The van der Waals surface area contributed by atoms with Crippen LogP contribution in [0.25, 0.3) is 11.3 Å². The zero-order chi connectivity index (χ0) is 29.3. The number of amides is 2. The number of alkyl halides is 3. The topological polar surface area (TPSA) is 102 Å². The van der Waals surface area contributed by atoms with Gasteiger partial charge in [-0.15, -0.1) is 0 Å². The summed E-state index contributed by atoms with van der Waals surface area (Å²) in [6.07, 6.45) is 0.336. The van der Waals surface area contributed by atoms with Crippen LogP contribution in [0.5, 0.6) is 6.01 Å². The van der Waals surface area contributed by atoms with E-state index < -0.39 is 17.8 Å². The SMILES string of the molecule is O=C(Nc1ccnc(OCCOC2CCCCO2)n1)N1c2nc(-c3cccc(C(F)(F)F)c3)c(Cl)cc2N2CCC1C2. The number of hydrogen-bond acceptors (Lipinski definition) is 8. The van der Waals surface area contributed by atoms with Gasteiger partial charge < -0.3 is 19.1 Å². The van der Waals surface area contributed by atoms with Gasteiger partial charge >= 0.3 is 18.2 Å². The van der Waals surface area contributed by atoms with Gasteiger partial charge in [0.2, 0.25) is 0 Å². The van der Waals surface area contributed by atoms with Crippen LogP contribution in [-0.2, 0) is 15.7 Å². The Bertz CT molecular complexity index is 1460. The molecule has 2 amide bonds. The first-order chi connectivity index (χ1) is 20.3. The highest BCUT2D eigenvalue weighted by Gasteiger charge is 2.41. The van der Waals surface area contributed by atoms with Crippen molar-refractivity contribution in [1.82, 2.24) is 15.0 Å². The van der Waals surface area contributed by atoms with Gasteiger partial charge in [-0.3, -0.25) is 10.2 Å². The zero-order valence-corrected chi connectivity index (χ0v) is 23.2. The highest BCUT2D eigenvalue weighted by Crippen LogP contribution is 2.43. The van der Waals surface area contributed by atoms with E-state index >= 15 is 0 Å². The minimum Gasteiger partial charge on any atom is -0.461 e. The van der Waals surface area contributed by atoms with Crippen LogP contribution in [0.4, 0.5) is 35.3 Å². The molecular formula is C28H28ClF3N6O4. The van der Waals surface area contributed by atoms with Gasteiger partial charge in [0.15, 0.2) is 12.1 Å². The summed E-state index contributed by atoms with van der Waals surface area (Å²) in [6, 6.07) is 7.37. The van der Waals surface area contributed by atoms with E-state index in [1.54, 1.807) is 6.07 Å². The number of pyridine rings is 1. The van der Waals surface area contributed by atoms with Gasteiger partial charge in [0, 0.05) is 31.5 Å². The number of benzene rings is 1. The van der Waals surface area contributed by atoms with Gasteiger partial charge in [-0.2, -0.15) is 18.2 Å². The number of aromatic nitrogens is 3. The Labute approximate surface area is 244 Å². The van der Waals surface area contributed by atoms with E-state index in [0.29, 0.717) is 44.2 Å². The molecule has 222 valence electrons. The average Bonchev–Trinajstić information content (AvgIpc) is 3.40. The molecule has 6 rings (SSSR count). The predicted octanol–water partition coefficient (Wildman–Crippen LogP) is 5.76. The number of carbonyl (C=O) groups is 1. The molecule has 2 atom stereocenters. The van der Waals surface area contributed by atoms with E-state index in [4.69, 9.17) is 25.8 Å². The number of fused-ring (bicyclic) bond motifs is 4. The third-order valence-electron chi connectivity index (χ3n) is 7.34. The van der Waals surface area contributed by atoms with E-state index in [1.807, 2.05) is 0 Å². The van der Waals surface area contributed by atoms with Crippen molar-refractivity contribution in [3.63, 3.8) is 0 Å². The molecule has 3 aliphatic heterocycles. The first kappa shape index (κ1) is 28.4. The van der Waals surface area contributed by atoms with Crippen molar-refractivity contribution in [2.75, 3.05) is 48.0 Å². The summed E-state index contributed by atoms with van der Waals surface area (Å²) in [5.74, 6) is 0.529. The number of ether oxygens (including phenoxy) is 3. The lowest BCUT2D eigenvalue weighted by Crippen LogP contribution is -2.48. The van der Waals surface area contributed by atoms with E-state index in [2.05, 4.69) is 25.2 Å². The molecule has 2 bridgehead atoms. The maximum Gasteiger partial charge on any atom is 0.416 e. The van der Waals surface area contributed by atoms with Crippen LogP contribution in [0.15, 0.2) is 42.6 Å². The molecule has 0 spiro atoms. The number of nitrogens with one attached hydrogen (secondary N) is 1. The monoisotopic (exact) mass is 604 g/mol. The maximum atomic E-state index is 13.6. The summed E-state index contributed by atoms with van der Waals surface area (Å²) in [5, 5.41) is 2.98. The Morgan fingerprint density at radius 3 is 2.83 bits per heavy atom. The van der Waals surface area contributed by atoms with Crippen LogP contribution >= 0.6 is 11.6 Å². The van der Waals surface area contributed by atoms with Crippen molar-refractivity contribution >= 4 is 35.0 Å². The first-order valence-electron chi connectivity index (χ1n) is 13.7. The second-order valence-corrected chi connectivity index (χ2v) is 10.6. The number of halogens is 4. The Morgan fingerprint density at radius 1 is 1.14 bits per heavy atom. The van der Waals surface area contributed by atoms with Gasteiger partial charge in [0.25, 0.3) is 0 Å². The van der Waals surface area contributed by atoms with Crippen molar-refractivity contribution in [3.05, 3.63) is 53.2 Å². The fourth-order valence-electron chi connectivity index (χ4n) is 5.34. The highest BCUT2D eigenvalue weighted by molar-refractivity contribution is 6.33. The summed E-state index contributed by atoms with van der Waals surface area (Å²) in [5.41, 5.74) is 0.167. The van der Waals surface area contributed by atoms with Crippen molar-refractivity contribution in [2.24, 2.45) is 0 Å². The van der Waals surface area contributed by atoms with Gasteiger partial charge in [-0.25, -0.2) is 14.8 Å². The molecule has 0 saturated carbocycles. The van der Waals surface area contributed by atoms with Gasteiger partial charge in [-0.1, -0.05) is 23.7 Å². The lowest BCUT2D eigenvalue weighted by molar-refractivity contribution is -0.165. The Hall–Kier alpha value is -3.68. The standard InChI is InChI=1S/C28H28ClF3N6O4/c29-20-15-21-25(36-24(20)17-4-3-5-18(14-17)28(30,31)32)38(19-8-10-37(21)16-19)27(39)35-22-7-9-33-26(34-22)42-13-12-41-23-6-1-2-11-40-23/h3-5,7,9,14-15,19,23H,1-2,6,8,10-13,16H2,(H,33,34,35,39). The summed E-state index contributed by atoms with van der Waals surface area (Å²) >= 11 is 6.53. The lowest BCUT2D eigenvalue weighted by atomic mass is 10.1. The quantitative estimate of drug-likeness (QED) is 0.340. The molecule has 10 nitrogen and oxygen atoms in total. The molecular weight excluding hydrogens is 577 g/mol. The summed E-state index contributed by atoms with van der Waals surface area (Å²) < 4.78 is 56.9. The number of rotatable bonds is 7. The van der Waals surface area contributed by atoms with Crippen LogP contribution in [0, 0.1) is 0 Å². The van der Waals surface area contributed by atoms with Gasteiger partial charge in [0.1, 0.15) is 12.4 Å². The summed E-state index contributed by atoms with van der Waals surface area (Å²) in [6.45, 7) is 2.45. The Balaban J connectivity index is 1.19. The molecule has 2 fully saturated rings. The third kappa shape index (κ3) is 6.08. The fraction of sp³-hybridized carbons (Fsp3) is 0.429. The second kappa shape index (κ2) is 11.9. The van der Waals surface area contributed by atoms with Crippen molar-refractivity contribution in [1.29, 1.82) is 0 Å². The average molecular weight is 605 g/mol. The second-order valence-electron chi connectivity index (χ2n) is 10.2. The summed E-state index contributed by atoms with van der Waals surface area (Å²) in [7, 11) is 0. The molecule has 2 saturated heterocycles.